The third kappa shape index (κ3) is 3.30. The summed E-state index contributed by atoms with van der Waals surface area (Å²) in [5.74, 6) is -0.197. The van der Waals surface area contributed by atoms with Gasteiger partial charge in [-0.3, -0.25) is 14.8 Å². The van der Waals surface area contributed by atoms with Gasteiger partial charge in [-0.25, -0.2) is 18.7 Å². The lowest BCUT2D eigenvalue weighted by atomic mass is 10.3. The van der Waals surface area contributed by atoms with Crippen LogP contribution >= 0.6 is 0 Å². The van der Waals surface area contributed by atoms with Crippen LogP contribution in [0.15, 0.2) is 64.6 Å². The minimum absolute atomic E-state index is 0.118. The van der Waals surface area contributed by atoms with Gasteiger partial charge >= 0.3 is 5.69 Å². The van der Waals surface area contributed by atoms with Crippen LogP contribution in [0.1, 0.15) is 5.56 Å². The summed E-state index contributed by atoms with van der Waals surface area (Å²) >= 11 is 0. The number of anilines is 1. The molecule has 0 aliphatic heterocycles. The molecular weight excluding hydrogens is 351 g/mol. The van der Waals surface area contributed by atoms with Crippen molar-refractivity contribution in [3.63, 3.8) is 0 Å². The van der Waals surface area contributed by atoms with E-state index >= 15 is 0 Å². The number of fused-ring (bicyclic) bond motifs is 1. The Morgan fingerprint density at radius 3 is 2.67 bits per heavy atom. The molecule has 2 N–H and O–H groups in total. The van der Waals surface area contributed by atoms with Crippen LogP contribution in [0.5, 0.6) is 0 Å². The van der Waals surface area contributed by atoms with Crippen LogP contribution in [0, 0.1) is 5.82 Å². The van der Waals surface area contributed by atoms with Crippen molar-refractivity contribution < 1.29 is 4.39 Å². The molecule has 134 valence electrons. The number of pyridine rings is 1. The predicted molar refractivity (Wildman–Crippen MR) is 97.3 cm³/mol. The molecular formula is C18H13FN6O2. The van der Waals surface area contributed by atoms with Gasteiger partial charge in [0.2, 0.25) is 5.95 Å². The Balaban J connectivity index is 1.71. The van der Waals surface area contributed by atoms with Gasteiger partial charge < -0.3 is 5.32 Å². The first-order chi connectivity index (χ1) is 13.1. The second-order valence-corrected chi connectivity index (χ2v) is 5.72. The second kappa shape index (κ2) is 6.79. The normalized spacial score (nSPS) is 10.9. The molecule has 0 saturated carbocycles. The van der Waals surface area contributed by atoms with E-state index in [0.717, 1.165) is 10.1 Å². The third-order valence-electron chi connectivity index (χ3n) is 3.91. The van der Waals surface area contributed by atoms with E-state index in [4.69, 9.17) is 0 Å². The van der Waals surface area contributed by atoms with Gasteiger partial charge in [-0.1, -0.05) is 6.07 Å². The lowest BCUT2D eigenvalue weighted by molar-refractivity contribution is 0.627. The average Bonchev–Trinajstić information content (AvgIpc) is 2.68. The van der Waals surface area contributed by atoms with Crippen molar-refractivity contribution in [1.29, 1.82) is 0 Å². The fourth-order valence-electron chi connectivity index (χ4n) is 2.60. The van der Waals surface area contributed by atoms with Crippen LogP contribution in [0.4, 0.5) is 10.3 Å². The third-order valence-corrected chi connectivity index (χ3v) is 3.91. The molecule has 3 heterocycles. The zero-order chi connectivity index (χ0) is 18.8. The number of benzene rings is 1. The molecule has 0 aliphatic carbocycles. The topological polar surface area (TPSA) is 106 Å². The summed E-state index contributed by atoms with van der Waals surface area (Å²) in [4.78, 5) is 39.9. The van der Waals surface area contributed by atoms with Crippen molar-refractivity contribution in [2.24, 2.45) is 0 Å². The standard InChI is InChI=1S/C18H13FN6O2/c19-12-3-5-13(6-4-12)25-16(26)14-10-22-17(23-15(14)24-18(25)27)21-9-11-2-1-7-20-8-11/h1-8,10H,9H2,(H2,21,22,23,24,27). The predicted octanol–water partition coefficient (Wildman–Crippen LogP) is 1.62. The molecule has 3 aromatic heterocycles. The van der Waals surface area contributed by atoms with E-state index in [0.29, 0.717) is 6.54 Å². The summed E-state index contributed by atoms with van der Waals surface area (Å²) in [7, 11) is 0. The number of hydrogen-bond donors (Lipinski definition) is 2. The molecule has 4 rings (SSSR count). The molecule has 0 bridgehead atoms. The van der Waals surface area contributed by atoms with Crippen LogP contribution in [0.25, 0.3) is 16.7 Å². The second-order valence-electron chi connectivity index (χ2n) is 5.72. The fraction of sp³-hybridized carbons (Fsp3) is 0.0556. The molecule has 8 nitrogen and oxygen atoms in total. The van der Waals surface area contributed by atoms with Gasteiger partial charge in [0.05, 0.1) is 5.69 Å². The summed E-state index contributed by atoms with van der Waals surface area (Å²) in [6.07, 6.45) is 4.72. The van der Waals surface area contributed by atoms with Crippen molar-refractivity contribution in [3.05, 3.63) is 87.2 Å². The van der Waals surface area contributed by atoms with E-state index in [-0.39, 0.29) is 22.7 Å². The molecule has 0 saturated heterocycles. The Labute approximate surface area is 151 Å². The lowest BCUT2D eigenvalue weighted by Gasteiger charge is -2.08. The molecule has 0 unspecified atom stereocenters. The number of H-pyrrole nitrogens is 1. The first-order valence-electron chi connectivity index (χ1n) is 8.02. The monoisotopic (exact) mass is 364 g/mol. The number of aromatic amines is 1. The smallest absolute Gasteiger partial charge is 0.334 e. The number of hydrogen-bond acceptors (Lipinski definition) is 6. The average molecular weight is 364 g/mol. The molecule has 0 radical (unpaired) electrons. The maximum absolute atomic E-state index is 13.1. The highest BCUT2D eigenvalue weighted by Gasteiger charge is 2.12. The van der Waals surface area contributed by atoms with Gasteiger partial charge in [-0.15, -0.1) is 0 Å². The van der Waals surface area contributed by atoms with Gasteiger partial charge in [0.25, 0.3) is 5.56 Å². The summed E-state index contributed by atoms with van der Waals surface area (Å²) < 4.78 is 14.0. The minimum Gasteiger partial charge on any atom is -0.350 e. The maximum Gasteiger partial charge on any atom is 0.334 e. The maximum atomic E-state index is 13.1. The van der Waals surface area contributed by atoms with E-state index < -0.39 is 17.1 Å². The summed E-state index contributed by atoms with van der Waals surface area (Å²) in [6, 6.07) is 8.75. The molecule has 4 aromatic rings. The van der Waals surface area contributed by atoms with Crippen LogP contribution in [0.3, 0.4) is 0 Å². The first-order valence-corrected chi connectivity index (χ1v) is 8.02. The van der Waals surface area contributed by atoms with E-state index in [1.807, 2.05) is 12.1 Å². The zero-order valence-electron chi connectivity index (χ0n) is 13.9. The summed E-state index contributed by atoms with van der Waals surface area (Å²) in [5, 5.41) is 3.15. The number of rotatable bonds is 4. The number of nitrogens with zero attached hydrogens (tertiary/aromatic N) is 4. The van der Waals surface area contributed by atoms with Crippen LogP contribution < -0.4 is 16.6 Å². The molecule has 9 heteroatoms. The van der Waals surface area contributed by atoms with Crippen molar-refractivity contribution >= 4 is 17.0 Å². The highest BCUT2D eigenvalue weighted by molar-refractivity contribution is 5.73. The van der Waals surface area contributed by atoms with Crippen molar-refractivity contribution in [2.75, 3.05) is 5.32 Å². The Hall–Kier alpha value is -3.88. The van der Waals surface area contributed by atoms with Gasteiger partial charge in [0.15, 0.2) is 5.65 Å². The summed E-state index contributed by atoms with van der Waals surface area (Å²) in [6.45, 7) is 0.441. The molecule has 0 amide bonds. The molecule has 0 atom stereocenters. The Morgan fingerprint density at radius 1 is 1.11 bits per heavy atom. The lowest BCUT2D eigenvalue weighted by Crippen LogP contribution is -2.34. The molecule has 0 spiro atoms. The van der Waals surface area contributed by atoms with E-state index in [2.05, 4.69) is 25.3 Å². The van der Waals surface area contributed by atoms with Crippen LogP contribution in [-0.2, 0) is 6.54 Å². The Morgan fingerprint density at radius 2 is 1.93 bits per heavy atom. The van der Waals surface area contributed by atoms with E-state index in [1.54, 1.807) is 12.4 Å². The van der Waals surface area contributed by atoms with Gasteiger partial charge in [-0.2, -0.15) is 4.98 Å². The van der Waals surface area contributed by atoms with Crippen molar-refractivity contribution in [2.45, 2.75) is 6.54 Å². The van der Waals surface area contributed by atoms with Gasteiger partial charge in [0, 0.05) is 25.1 Å². The van der Waals surface area contributed by atoms with Crippen LogP contribution in [-0.4, -0.2) is 24.5 Å². The van der Waals surface area contributed by atoms with Crippen molar-refractivity contribution in [3.8, 4) is 5.69 Å². The van der Waals surface area contributed by atoms with Gasteiger partial charge in [-0.05, 0) is 35.9 Å². The molecule has 27 heavy (non-hydrogen) atoms. The molecule has 0 aliphatic rings. The van der Waals surface area contributed by atoms with E-state index in [9.17, 15) is 14.0 Å². The van der Waals surface area contributed by atoms with Crippen molar-refractivity contribution in [1.82, 2.24) is 24.5 Å². The number of aromatic nitrogens is 5. The van der Waals surface area contributed by atoms with Crippen LogP contribution in [0.2, 0.25) is 0 Å². The zero-order valence-corrected chi connectivity index (χ0v) is 13.9. The Bertz CT molecular complexity index is 1220. The van der Waals surface area contributed by atoms with E-state index in [1.165, 1.54) is 30.5 Å². The largest absolute Gasteiger partial charge is 0.350 e. The minimum atomic E-state index is -0.670. The first kappa shape index (κ1) is 16.6. The quantitative estimate of drug-likeness (QED) is 0.570. The fourth-order valence-corrected chi connectivity index (χ4v) is 2.60. The number of halogens is 1. The summed E-state index contributed by atoms with van der Waals surface area (Å²) in [5.41, 5.74) is 0.0481. The highest BCUT2D eigenvalue weighted by atomic mass is 19.1. The van der Waals surface area contributed by atoms with Gasteiger partial charge in [0.1, 0.15) is 11.2 Å². The highest BCUT2D eigenvalue weighted by Crippen LogP contribution is 2.09. The molecule has 1 aromatic carbocycles. The number of nitrogens with one attached hydrogen (secondary N) is 2. The SMILES string of the molecule is O=c1[nH]c2nc(NCc3cccnc3)ncc2c(=O)n1-c1ccc(F)cc1. The Kier molecular flexibility index (Phi) is 4.17. The molecule has 0 fully saturated rings.